The van der Waals surface area contributed by atoms with Gasteiger partial charge in [-0.25, -0.2) is 0 Å². The number of aromatic hydroxyl groups is 1. The maximum absolute atomic E-state index is 11.3. The van der Waals surface area contributed by atoms with E-state index in [2.05, 4.69) is 40.8 Å². The Labute approximate surface area is 187 Å². The fourth-order valence-electron chi connectivity index (χ4n) is 6.35. The summed E-state index contributed by atoms with van der Waals surface area (Å²) in [5.74, 6) is 2.20. The molecule has 1 aromatic carbocycles. The molecular formula is C25H30INO2. The van der Waals surface area contributed by atoms with E-state index in [0.717, 1.165) is 51.4 Å². The van der Waals surface area contributed by atoms with E-state index >= 15 is 0 Å². The second-order valence-electron chi connectivity index (χ2n) is 9.05. The highest BCUT2D eigenvalue weighted by Crippen LogP contribution is 2.59. The highest BCUT2D eigenvalue weighted by Gasteiger charge is 2.53. The highest BCUT2D eigenvalue weighted by atomic mass is 125. The Bertz CT molecular complexity index is 855. The van der Waals surface area contributed by atoms with Crippen molar-refractivity contribution in [2.24, 2.45) is 17.8 Å². The molecule has 0 amide bonds. The summed E-state index contributed by atoms with van der Waals surface area (Å²) in [5.41, 5.74) is 3.41. The first-order valence-electron chi connectivity index (χ1n) is 11.0. The van der Waals surface area contributed by atoms with Crippen LogP contribution in [0, 0.1) is 29.1 Å². The third-order valence-electron chi connectivity index (χ3n) is 7.57. The average molecular weight is 501 g/mol. The van der Waals surface area contributed by atoms with Crippen molar-refractivity contribution >= 4 is 28.7 Å². The summed E-state index contributed by atoms with van der Waals surface area (Å²) >= 11 is 2.23. The Morgan fingerprint density at radius 1 is 1.21 bits per heavy atom. The maximum atomic E-state index is 11.3. The van der Waals surface area contributed by atoms with Gasteiger partial charge in [-0.1, -0.05) is 46.7 Å². The van der Waals surface area contributed by atoms with Crippen molar-refractivity contribution in [1.29, 1.82) is 5.26 Å². The molecule has 0 heterocycles. The Morgan fingerprint density at radius 3 is 2.86 bits per heavy atom. The minimum atomic E-state index is -0.649. The van der Waals surface area contributed by atoms with Crippen molar-refractivity contribution in [3.63, 3.8) is 0 Å². The van der Waals surface area contributed by atoms with Crippen LogP contribution >= 0.6 is 22.6 Å². The SMILES string of the molecule is N#CCCCCCC1=Cc2cc(O)ccc2[C@H]2CC[C@H]3[C@@H](CC[C@@]3(O)/C=C/[125I])[C@H]12. The van der Waals surface area contributed by atoms with Crippen LogP contribution in [-0.4, -0.2) is 15.8 Å². The number of allylic oxidation sites excluding steroid dienone is 1. The Hall–Kier alpha value is -1.32. The number of nitrogens with zero attached hydrogens (tertiary/aromatic N) is 1. The molecule has 0 aromatic heterocycles. The third-order valence-corrected chi connectivity index (χ3v) is 7.92. The van der Waals surface area contributed by atoms with Crippen molar-refractivity contribution in [3.8, 4) is 11.8 Å². The van der Waals surface area contributed by atoms with Crippen LogP contribution in [0.5, 0.6) is 5.75 Å². The minimum Gasteiger partial charge on any atom is -0.508 e. The molecule has 0 radical (unpaired) electrons. The zero-order valence-corrected chi connectivity index (χ0v) is 19.0. The highest BCUT2D eigenvalue weighted by molar-refractivity contribution is 14.1. The Balaban J connectivity index is 1.63. The lowest BCUT2D eigenvalue weighted by molar-refractivity contribution is 0.0102. The first-order valence-corrected chi connectivity index (χ1v) is 12.2. The maximum Gasteiger partial charge on any atom is 0.116 e. The van der Waals surface area contributed by atoms with Gasteiger partial charge in [-0.2, -0.15) is 5.26 Å². The van der Waals surface area contributed by atoms with Gasteiger partial charge in [0.15, 0.2) is 0 Å². The molecule has 2 N–H and O–H groups in total. The first kappa shape index (κ1) is 20.9. The summed E-state index contributed by atoms with van der Waals surface area (Å²) in [4.78, 5) is 0. The minimum absolute atomic E-state index is 0.336. The standard InChI is InChI=1S/C25H30INO2/c26-13-12-25(29)11-10-22-23(25)9-8-21-20-7-6-19(28)16-18(20)15-17(24(21)22)5-3-1-2-4-14-27/h6-7,12-13,15-16,21-24,28-29H,1-5,8-11H2/b13-12+/t21-,22-,23+,24-,25-/m1/s1/i26-2. The fourth-order valence-corrected chi connectivity index (χ4v) is 6.98. The van der Waals surface area contributed by atoms with E-state index in [1.807, 2.05) is 22.3 Å². The number of phenolic OH excluding ortho intramolecular Hbond substituents is 1. The van der Waals surface area contributed by atoms with E-state index in [1.54, 1.807) is 0 Å². The predicted molar refractivity (Wildman–Crippen MR) is 125 cm³/mol. The van der Waals surface area contributed by atoms with Crippen molar-refractivity contribution in [3.05, 3.63) is 45.1 Å². The molecule has 2 saturated carbocycles. The predicted octanol–water partition coefficient (Wildman–Crippen LogP) is 6.46. The summed E-state index contributed by atoms with van der Waals surface area (Å²) in [7, 11) is 0. The van der Waals surface area contributed by atoms with Gasteiger partial charge in [-0.3, -0.25) is 0 Å². The fraction of sp³-hybridized carbons (Fsp3) is 0.560. The van der Waals surface area contributed by atoms with Crippen LogP contribution < -0.4 is 0 Å². The van der Waals surface area contributed by atoms with Gasteiger partial charge < -0.3 is 10.2 Å². The molecule has 2 fully saturated rings. The van der Waals surface area contributed by atoms with E-state index in [-0.39, 0.29) is 0 Å². The van der Waals surface area contributed by atoms with Crippen LogP contribution in [0.15, 0.2) is 33.9 Å². The molecule has 0 spiro atoms. The second-order valence-corrected chi connectivity index (χ2v) is 9.77. The van der Waals surface area contributed by atoms with E-state index in [4.69, 9.17) is 5.26 Å². The molecule has 4 rings (SSSR count). The molecule has 5 atom stereocenters. The van der Waals surface area contributed by atoms with E-state index < -0.39 is 5.60 Å². The molecule has 29 heavy (non-hydrogen) atoms. The number of hydrogen-bond donors (Lipinski definition) is 2. The number of rotatable bonds is 6. The monoisotopic (exact) mass is 501 g/mol. The number of fused-ring (bicyclic) bond motifs is 5. The number of halogens is 1. The van der Waals surface area contributed by atoms with Gasteiger partial charge >= 0.3 is 0 Å². The summed E-state index contributed by atoms with van der Waals surface area (Å²) in [6.07, 6.45) is 13.4. The number of hydrogen-bond acceptors (Lipinski definition) is 3. The molecule has 3 aliphatic carbocycles. The van der Waals surface area contributed by atoms with Gasteiger partial charge in [0, 0.05) is 6.42 Å². The zero-order chi connectivity index (χ0) is 20.4. The summed E-state index contributed by atoms with van der Waals surface area (Å²) in [6.45, 7) is 0. The lowest BCUT2D eigenvalue weighted by Crippen LogP contribution is -2.41. The number of benzene rings is 1. The Kier molecular flexibility index (Phi) is 6.36. The van der Waals surface area contributed by atoms with Gasteiger partial charge in [-0.05, 0) is 102 Å². The summed E-state index contributed by atoms with van der Waals surface area (Å²) in [5, 5.41) is 30.1. The smallest absolute Gasteiger partial charge is 0.116 e. The van der Waals surface area contributed by atoms with Crippen LogP contribution in [0.1, 0.15) is 74.8 Å². The largest absolute Gasteiger partial charge is 0.508 e. The molecule has 3 nitrogen and oxygen atoms in total. The van der Waals surface area contributed by atoms with Crippen LogP contribution in [0.3, 0.4) is 0 Å². The molecule has 3 aliphatic rings. The van der Waals surface area contributed by atoms with E-state index in [1.165, 1.54) is 16.7 Å². The van der Waals surface area contributed by atoms with Crippen molar-refractivity contribution < 1.29 is 10.2 Å². The molecule has 1 aromatic rings. The lowest BCUT2D eigenvalue weighted by atomic mass is 9.58. The third kappa shape index (κ3) is 4.01. The van der Waals surface area contributed by atoms with Crippen LogP contribution in [0.2, 0.25) is 0 Å². The van der Waals surface area contributed by atoms with Gasteiger partial charge in [-0.15, -0.1) is 0 Å². The molecule has 4 heteroatoms. The molecular weight excluding hydrogens is 471 g/mol. The number of nitriles is 1. The van der Waals surface area contributed by atoms with Crippen molar-refractivity contribution in [2.75, 3.05) is 0 Å². The average Bonchev–Trinajstić information content (AvgIpc) is 3.04. The van der Waals surface area contributed by atoms with Crippen molar-refractivity contribution in [1.82, 2.24) is 0 Å². The Morgan fingerprint density at radius 2 is 2.07 bits per heavy atom. The van der Waals surface area contributed by atoms with Gasteiger partial charge in [0.2, 0.25) is 0 Å². The van der Waals surface area contributed by atoms with Crippen LogP contribution in [-0.2, 0) is 0 Å². The number of aliphatic hydroxyl groups is 1. The summed E-state index contributed by atoms with van der Waals surface area (Å²) in [6, 6.07) is 8.10. The van der Waals surface area contributed by atoms with Crippen LogP contribution in [0.4, 0.5) is 0 Å². The molecule has 154 valence electrons. The van der Waals surface area contributed by atoms with Crippen LogP contribution in [0.25, 0.3) is 6.08 Å². The van der Waals surface area contributed by atoms with Crippen molar-refractivity contribution in [2.45, 2.75) is 69.3 Å². The van der Waals surface area contributed by atoms with Gasteiger partial charge in [0.25, 0.3) is 0 Å². The number of phenols is 1. The van der Waals surface area contributed by atoms with Gasteiger partial charge in [0.1, 0.15) is 5.75 Å². The topological polar surface area (TPSA) is 64.2 Å². The first-order chi connectivity index (χ1) is 14.1. The quantitative estimate of drug-likeness (QED) is 0.347. The van der Waals surface area contributed by atoms with Gasteiger partial charge in [0.05, 0.1) is 11.7 Å². The zero-order valence-electron chi connectivity index (χ0n) is 16.9. The number of unbranched alkanes of at least 4 members (excludes halogenated alkanes) is 3. The summed E-state index contributed by atoms with van der Waals surface area (Å²) < 4.78 is 1.98. The second kappa shape index (κ2) is 8.81. The normalized spacial score (nSPS) is 32.9. The molecule has 0 bridgehead atoms. The molecule has 0 aliphatic heterocycles. The van der Waals surface area contributed by atoms with E-state index in [9.17, 15) is 10.2 Å². The molecule has 0 saturated heterocycles. The van der Waals surface area contributed by atoms with E-state index in [0.29, 0.717) is 35.8 Å². The lowest BCUT2D eigenvalue weighted by Gasteiger charge is -2.47. The molecule has 0 unspecified atom stereocenters.